The molecular formula is C60H41N3O. The van der Waals surface area contributed by atoms with E-state index in [0.717, 1.165) is 67.3 Å². The second kappa shape index (κ2) is 15.7. The van der Waals surface area contributed by atoms with Crippen molar-refractivity contribution >= 4 is 77.9 Å². The quantitative estimate of drug-likeness (QED) is 0.145. The maximum Gasteiger partial charge on any atom is 0.137 e. The number of para-hydroxylation sites is 5. The van der Waals surface area contributed by atoms with Crippen molar-refractivity contribution in [2.24, 2.45) is 0 Å². The molecule has 0 N–H and O–H groups in total. The van der Waals surface area contributed by atoms with Crippen molar-refractivity contribution in [1.82, 2.24) is 4.57 Å². The summed E-state index contributed by atoms with van der Waals surface area (Å²) in [5.74, 6) is 0. The highest BCUT2D eigenvalue weighted by Crippen LogP contribution is 2.42. The fourth-order valence-electron chi connectivity index (χ4n) is 9.32. The normalized spacial score (nSPS) is 11.4. The van der Waals surface area contributed by atoms with Gasteiger partial charge >= 0.3 is 0 Å². The first-order valence-corrected chi connectivity index (χ1v) is 21.7. The van der Waals surface area contributed by atoms with Crippen LogP contribution < -0.4 is 9.80 Å². The number of benzene rings is 10. The molecule has 4 heteroatoms. The predicted octanol–water partition coefficient (Wildman–Crippen LogP) is 17.0. The van der Waals surface area contributed by atoms with Crippen molar-refractivity contribution in [1.29, 1.82) is 0 Å². The number of hydrogen-bond acceptors (Lipinski definition) is 3. The van der Waals surface area contributed by atoms with Crippen LogP contribution in [0.3, 0.4) is 0 Å². The minimum absolute atomic E-state index is 0.876. The van der Waals surface area contributed by atoms with Crippen molar-refractivity contribution < 1.29 is 4.42 Å². The van der Waals surface area contributed by atoms with Gasteiger partial charge in [0, 0.05) is 67.4 Å². The Kier molecular flexibility index (Phi) is 9.12. The van der Waals surface area contributed by atoms with Crippen LogP contribution in [0.25, 0.3) is 71.7 Å². The van der Waals surface area contributed by atoms with E-state index in [0.29, 0.717) is 0 Å². The zero-order chi connectivity index (χ0) is 42.4. The van der Waals surface area contributed by atoms with Crippen molar-refractivity contribution in [3.05, 3.63) is 249 Å². The fraction of sp³-hybridized carbons (Fsp3) is 0. The average molecular weight is 820 g/mol. The first-order valence-electron chi connectivity index (χ1n) is 21.7. The van der Waals surface area contributed by atoms with E-state index in [1.807, 2.05) is 12.1 Å². The highest BCUT2D eigenvalue weighted by molar-refractivity contribution is 6.11. The number of rotatable bonds is 9. The van der Waals surface area contributed by atoms with Gasteiger partial charge in [0.05, 0.1) is 11.0 Å². The number of nitrogens with zero attached hydrogens (tertiary/aromatic N) is 3. The second-order valence-corrected chi connectivity index (χ2v) is 16.2. The van der Waals surface area contributed by atoms with Crippen LogP contribution in [0.2, 0.25) is 0 Å². The molecule has 0 unspecified atom stereocenters. The Morgan fingerprint density at radius 3 is 1.27 bits per heavy atom. The van der Waals surface area contributed by atoms with Crippen molar-refractivity contribution in [3.8, 4) is 27.9 Å². The summed E-state index contributed by atoms with van der Waals surface area (Å²) in [7, 11) is 0. The summed E-state index contributed by atoms with van der Waals surface area (Å²) in [4.78, 5) is 4.63. The molecular weight excluding hydrogens is 779 g/mol. The molecule has 4 nitrogen and oxygen atoms in total. The third-order valence-corrected chi connectivity index (χ3v) is 12.4. The molecule has 0 aliphatic rings. The van der Waals surface area contributed by atoms with E-state index in [2.05, 4.69) is 251 Å². The molecule has 0 saturated carbocycles. The van der Waals surface area contributed by atoms with Gasteiger partial charge in [0.15, 0.2) is 0 Å². The Bertz CT molecular complexity index is 3580. The number of hydrogen-bond donors (Lipinski definition) is 0. The zero-order valence-corrected chi connectivity index (χ0v) is 34.9. The summed E-state index contributed by atoms with van der Waals surface area (Å²) in [5.41, 5.74) is 16.5. The number of anilines is 6. The number of aromatic nitrogens is 1. The second-order valence-electron chi connectivity index (χ2n) is 16.2. The minimum Gasteiger partial charge on any atom is -0.456 e. The van der Waals surface area contributed by atoms with Crippen LogP contribution in [-0.2, 0) is 0 Å². The van der Waals surface area contributed by atoms with Crippen molar-refractivity contribution in [2.75, 3.05) is 9.80 Å². The highest BCUT2D eigenvalue weighted by atomic mass is 16.3. The van der Waals surface area contributed by atoms with Gasteiger partial charge in [-0.3, -0.25) is 0 Å². The van der Waals surface area contributed by atoms with E-state index in [9.17, 15) is 0 Å². The van der Waals surface area contributed by atoms with Crippen molar-refractivity contribution in [2.45, 2.75) is 0 Å². The van der Waals surface area contributed by atoms with Gasteiger partial charge in [-0.15, -0.1) is 0 Å². The molecule has 0 spiro atoms. The lowest BCUT2D eigenvalue weighted by atomic mass is 9.99. The van der Waals surface area contributed by atoms with Gasteiger partial charge in [-0.1, -0.05) is 140 Å². The summed E-state index contributed by atoms with van der Waals surface area (Å²) < 4.78 is 8.66. The lowest BCUT2D eigenvalue weighted by Gasteiger charge is -2.26. The number of furan rings is 1. The summed E-state index contributed by atoms with van der Waals surface area (Å²) in [6, 6.07) is 88.7. The summed E-state index contributed by atoms with van der Waals surface area (Å²) in [6.45, 7) is 0. The van der Waals surface area contributed by atoms with Crippen LogP contribution in [0.5, 0.6) is 0 Å². The molecule has 0 aliphatic heterocycles. The Hall–Kier alpha value is -8.60. The van der Waals surface area contributed by atoms with Crippen LogP contribution in [0.15, 0.2) is 253 Å². The molecule has 12 aromatic rings. The molecule has 0 atom stereocenters. The van der Waals surface area contributed by atoms with Crippen LogP contribution >= 0.6 is 0 Å². The first kappa shape index (κ1) is 37.2. The monoisotopic (exact) mass is 819 g/mol. The van der Waals surface area contributed by atoms with Gasteiger partial charge in [0.2, 0.25) is 0 Å². The Labute approximate surface area is 371 Å². The van der Waals surface area contributed by atoms with Gasteiger partial charge in [0.25, 0.3) is 0 Å². The SMILES string of the molecule is c1ccc(N(c2ccc(-c3ccc(-c4ccc(N(c5ccccc5)c5ccc6c(c5)c5ccccc5n6-c5ccccc5)cc4)cc3)cc2)c2ccc3c(c2)oc2ccccc23)cc1. The standard InChI is InChI=1S/C60H41N3O/c1-4-14-46(15-5-1)61(51-37-39-58-56(40-51)53-20-10-12-22-57(53)63(58)48-18-8-3-9-19-48)49-32-28-44(29-33-49)42-24-26-43(27-25-42)45-30-34-50(35-31-45)62(47-16-6-2-7-17-47)52-36-38-55-54-21-11-13-23-59(54)64-60(55)41-52/h1-41H. The van der Waals surface area contributed by atoms with E-state index in [1.54, 1.807) is 0 Å². The van der Waals surface area contributed by atoms with E-state index in [1.165, 1.54) is 38.5 Å². The zero-order valence-electron chi connectivity index (χ0n) is 34.9. The summed E-state index contributed by atoms with van der Waals surface area (Å²) in [6.07, 6.45) is 0. The molecule has 0 saturated heterocycles. The van der Waals surface area contributed by atoms with Gasteiger partial charge < -0.3 is 18.8 Å². The minimum atomic E-state index is 0.876. The smallest absolute Gasteiger partial charge is 0.137 e. The maximum absolute atomic E-state index is 6.29. The van der Waals surface area contributed by atoms with Gasteiger partial charge in [-0.05, 0) is 125 Å². The summed E-state index contributed by atoms with van der Waals surface area (Å²) in [5, 5.41) is 4.71. The van der Waals surface area contributed by atoms with Crippen LogP contribution in [0.4, 0.5) is 34.1 Å². The van der Waals surface area contributed by atoms with E-state index in [-0.39, 0.29) is 0 Å². The Balaban J connectivity index is 0.835. The van der Waals surface area contributed by atoms with Gasteiger partial charge in [0.1, 0.15) is 11.2 Å². The highest BCUT2D eigenvalue weighted by Gasteiger charge is 2.19. The third kappa shape index (κ3) is 6.57. The van der Waals surface area contributed by atoms with E-state index >= 15 is 0 Å². The predicted molar refractivity (Wildman–Crippen MR) is 268 cm³/mol. The molecule has 0 bridgehead atoms. The largest absolute Gasteiger partial charge is 0.456 e. The fourth-order valence-corrected chi connectivity index (χ4v) is 9.32. The molecule has 0 fully saturated rings. The van der Waals surface area contributed by atoms with Crippen molar-refractivity contribution in [3.63, 3.8) is 0 Å². The first-order chi connectivity index (χ1) is 31.7. The molecule has 0 amide bonds. The molecule has 2 aromatic heterocycles. The molecule has 64 heavy (non-hydrogen) atoms. The van der Waals surface area contributed by atoms with Crippen LogP contribution in [0.1, 0.15) is 0 Å². The third-order valence-electron chi connectivity index (χ3n) is 12.4. The molecule has 0 radical (unpaired) electrons. The maximum atomic E-state index is 6.29. The van der Waals surface area contributed by atoms with E-state index in [4.69, 9.17) is 4.42 Å². The van der Waals surface area contributed by atoms with Gasteiger partial charge in [-0.2, -0.15) is 0 Å². The van der Waals surface area contributed by atoms with Crippen LogP contribution in [0, 0.1) is 0 Å². The topological polar surface area (TPSA) is 24.6 Å². The van der Waals surface area contributed by atoms with E-state index < -0.39 is 0 Å². The average Bonchev–Trinajstić information content (AvgIpc) is 3.91. The Morgan fingerprint density at radius 2 is 0.672 bits per heavy atom. The van der Waals surface area contributed by atoms with Crippen LogP contribution in [-0.4, -0.2) is 4.57 Å². The molecule has 302 valence electrons. The lowest BCUT2D eigenvalue weighted by Crippen LogP contribution is -2.09. The molecule has 12 rings (SSSR count). The lowest BCUT2D eigenvalue weighted by molar-refractivity contribution is 0.669. The van der Waals surface area contributed by atoms with Gasteiger partial charge in [-0.25, -0.2) is 0 Å². The summed E-state index contributed by atoms with van der Waals surface area (Å²) >= 11 is 0. The Morgan fingerprint density at radius 1 is 0.266 bits per heavy atom. The molecule has 10 aromatic carbocycles. The number of fused-ring (bicyclic) bond motifs is 6. The molecule has 2 heterocycles. The molecule has 0 aliphatic carbocycles.